The van der Waals surface area contributed by atoms with Gasteiger partial charge >= 0.3 is 5.97 Å². The second kappa shape index (κ2) is 7.28. The SMILES string of the molecule is CS(=O)(=O)c1ccc(Oc2cc(F)cc(C#N)c2)c2c1[C@H](CC(=O)O)C(F)(F)[C@@H]2F. The number of ether oxygens (including phenoxy) is 1. The first-order valence-corrected chi connectivity index (χ1v) is 10.2. The average molecular weight is 443 g/mol. The number of fused-ring (bicyclic) bond motifs is 1. The van der Waals surface area contributed by atoms with Crippen LogP contribution < -0.4 is 4.74 Å². The van der Waals surface area contributed by atoms with Crippen LogP contribution in [-0.2, 0) is 14.6 Å². The molecule has 0 bridgehead atoms. The smallest absolute Gasteiger partial charge is 0.304 e. The van der Waals surface area contributed by atoms with E-state index in [1.54, 1.807) is 6.07 Å². The molecule has 2 atom stereocenters. The van der Waals surface area contributed by atoms with Gasteiger partial charge in [0.05, 0.1) is 28.9 Å². The van der Waals surface area contributed by atoms with Gasteiger partial charge in [-0.3, -0.25) is 4.79 Å². The minimum atomic E-state index is -4.22. The zero-order valence-electron chi connectivity index (χ0n) is 15.2. The number of rotatable bonds is 5. The van der Waals surface area contributed by atoms with Gasteiger partial charge in [0.2, 0.25) is 0 Å². The van der Waals surface area contributed by atoms with Crippen molar-refractivity contribution in [1.82, 2.24) is 0 Å². The van der Waals surface area contributed by atoms with Crippen LogP contribution in [0, 0.1) is 17.1 Å². The summed E-state index contributed by atoms with van der Waals surface area (Å²) in [5.41, 5.74) is -1.66. The predicted octanol–water partition coefficient (Wildman–Crippen LogP) is 4.11. The number of carboxylic acids is 1. The monoisotopic (exact) mass is 443 g/mol. The van der Waals surface area contributed by atoms with Crippen LogP contribution in [0.15, 0.2) is 35.2 Å². The lowest BCUT2D eigenvalue weighted by atomic mass is 9.95. The molecule has 2 aromatic carbocycles. The Hall–Kier alpha value is -3.13. The van der Waals surface area contributed by atoms with E-state index in [1.165, 1.54) is 0 Å². The molecule has 0 aromatic heterocycles. The standard InChI is InChI=1S/C19H13F4NO5S/c1-30(27,28)14-3-2-13(29-11-5-9(8-24)4-10(20)6-11)17-16(14)12(7-15(25)26)19(22,23)18(17)21/h2-6,12,18H,7H2,1H3,(H,25,26)/t12-,18+/m0/s1. The molecule has 1 aliphatic rings. The lowest BCUT2D eigenvalue weighted by molar-refractivity contribution is -0.142. The van der Waals surface area contributed by atoms with Crippen LogP contribution in [0.5, 0.6) is 11.5 Å². The second-order valence-electron chi connectivity index (χ2n) is 6.74. The van der Waals surface area contributed by atoms with E-state index >= 15 is 0 Å². The lowest BCUT2D eigenvalue weighted by Crippen LogP contribution is -2.27. The molecule has 1 aliphatic carbocycles. The van der Waals surface area contributed by atoms with Crippen LogP contribution in [0.3, 0.4) is 0 Å². The summed E-state index contributed by atoms with van der Waals surface area (Å²) >= 11 is 0. The highest BCUT2D eigenvalue weighted by Gasteiger charge is 2.59. The fourth-order valence-corrected chi connectivity index (χ4v) is 4.38. The number of sulfone groups is 1. The third-order valence-electron chi connectivity index (χ3n) is 4.62. The molecule has 30 heavy (non-hydrogen) atoms. The molecule has 158 valence electrons. The van der Waals surface area contributed by atoms with Gasteiger partial charge < -0.3 is 9.84 Å². The molecule has 0 aliphatic heterocycles. The molecule has 0 saturated heterocycles. The first kappa shape index (κ1) is 21.6. The maximum absolute atomic E-state index is 14.8. The Labute approximate surface area is 168 Å². The van der Waals surface area contributed by atoms with E-state index in [0.29, 0.717) is 0 Å². The van der Waals surface area contributed by atoms with Crippen molar-refractivity contribution in [1.29, 1.82) is 5.26 Å². The van der Waals surface area contributed by atoms with E-state index < -0.39 is 67.8 Å². The van der Waals surface area contributed by atoms with Gasteiger partial charge in [0, 0.05) is 17.9 Å². The zero-order valence-corrected chi connectivity index (χ0v) is 16.0. The van der Waals surface area contributed by atoms with Crippen LogP contribution in [0.2, 0.25) is 0 Å². The summed E-state index contributed by atoms with van der Waals surface area (Å²) in [6, 6.07) is 6.29. The molecule has 0 amide bonds. The average Bonchev–Trinajstić information content (AvgIpc) is 2.81. The van der Waals surface area contributed by atoms with Gasteiger partial charge in [0.1, 0.15) is 17.3 Å². The molecule has 0 fully saturated rings. The van der Waals surface area contributed by atoms with Crippen molar-refractivity contribution in [3.8, 4) is 17.6 Å². The van der Waals surface area contributed by atoms with E-state index in [0.717, 1.165) is 36.6 Å². The van der Waals surface area contributed by atoms with Crippen LogP contribution in [-0.4, -0.2) is 31.7 Å². The summed E-state index contributed by atoms with van der Waals surface area (Å²) in [4.78, 5) is 10.5. The Morgan fingerprint density at radius 1 is 1.27 bits per heavy atom. The Balaban J connectivity index is 2.25. The lowest BCUT2D eigenvalue weighted by Gasteiger charge is -2.20. The number of alkyl halides is 3. The van der Waals surface area contributed by atoms with E-state index in [1.807, 2.05) is 0 Å². The van der Waals surface area contributed by atoms with Gasteiger partial charge in [-0.25, -0.2) is 26.0 Å². The number of hydrogen-bond acceptors (Lipinski definition) is 5. The van der Waals surface area contributed by atoms with Crippen molar-refractivity contribution >= 4 is 15.8 Å². The normalized spacial score (nSPS) is 19.7. The molecule has 0 unspecified atom stereocenters. The maximum atomic E-state index is 14.8. The van der Waals surface area contributed by atoms with Crippen molar-refractivity contribution in [2.45, 2.75) is 29.3 Å². The minimum Gasteiger partial charge on any atom is -0.481 e. The molecule has 0 spiro atoms. The Morgan fingerprint density at radius 2 is 1.93 bits per heavy atom. The van der Waals surface area contributed by atoms with Crippen molar-refractivity contribution in [3.63, 3.8) is 0 Å². The number of aliphatic carboxylic acids is 1. The van der Waals surface area contributed by atoms with Crippen LogP contribution in [0.4, 0.5) is 17.6 Å². The molecule has 1 N–H and O–H groups in total. The summed E-state index contributed by atoms with van der Waals surface area (Å²) in [5, 5.41) is 17.9. The summed E-state index contributed by atoms with van der Waals surface area (Å²) < 4.78 is 87.2. The molecular weight excluding hydrogens is 430 g/mol. The number of hydrogen-bond donors (Lipinski definition) is 1. The van der Waals surface area contributed by atoms with Gasteiger partial charge in [-0.1, -0.05) is 0 Å². The fraction of sp³-hybridized carbons (Fsp3) is 0.263. The Morgan fingerprint density at radius 3 is 2.50 bits per heavy atom. The zero-order chi connectivity index (χ0) is 22.4. The summed E-state index contributed by atoms with van der Waals surface area (Å²) in [5.74, 6) is -9.87. The van der Waals surface area contributed by atoms with Crippen molar-refractivity contribution in [2.24, 2.45) is 0 Å². The maximum Gasteiger partial charge on any atom is 0.304 e. The van der Waals surface area contributed by atoms with E-state index in [4.69, 9.17) is 15.1 Å². The number of nitriles is 1. The number of benzene rings is 2. The van der Waals surface area contributed by atoms with Crippen LogP contribution in [0.25, 0.3) is 0 Å². The van der Waals surface area contributed by atoms with Gasteiger partial charge in [0.15, 0.2) is 16.0 Å². The van der Waals surface area contributed by atoms with Crippen molar-refractivity contribution in [2.75, 3.05) is 6.26 Å². The molecule has 3 rings (SSSR count). The number of nitrogens with zero attached hydrogens (tertiary/aromatic N) is 1. The highest BCUT2D eigenvalue weighted by Crippen LogP contribution is 2.59. The molecule has 0 radical (unpaired) electrons. The summed E-state index contributed by atoms with van der Waals surface area (Å²) in [6.07, 6.45) is -3.56. The minimum absolute atomic E-state index is 0.153. The summed E-state index contributed by atoms with van der Waals surface area (Å²) in [7, 11) is -4.13. The molecule has 0 heterocycles. The van der Waals surface area contributed by atoms with Crippen molar-refractivity contribution in [3.05, 3.63) is 52.8 Å². The first-order chi connectivity index (χ1) is 13.9. The Bertz CT molecular complexity index is 1190. The molecule has 2 aromatic rings. The fourth-order valence-electron chi connectivity index (χ4n) is 3.42. The highest BCUT2D eigenvalue weighted by atomic mass is 32.2. The molecular formula is C19H13F4NO5S. The van der Waals surface area contributed by atoms with Crippen LogP contribution in [0.1, 0.15) is 35.2 Å². The highest BCUT2D eigenvalue weighted by molar-refractivity contribution is 7.90. The third kappa shape index (κ3) is 3.70. The quantitative estimate of drug-likeness (QED) is 0.698. The third-order valence-corrected chi connectivity index (χ3v) is 5.77. The Kier molecular flexibility index (Phi) is 5.24. The number of halogens is 4. The van der Waals surface area contributed by atoms with E-state index in [9.17, 15) is 30.8 Å². The number of carbonyl (C=O) groups is 1. The molecule has 11 heteroatoms. The van der Waals surface area contributed by atoms with Gasteiger partial charge in [-0.2, -0.15) is 5.26 Å². The summed E-state index contributed by atoms with van der Waals surface area (Å²) in [6.45, 7) is 0. The molecule has 0 saturated carbocycles. The van der Waals surface area contributed by atoms with Gasteiger partial charge in [0.25, 0.3) is 5.92 Å². The second-order valence-corrected chi connectivity index (χ2v) is 8.72. The first-order valence-electron chi connectivity index (χ1n) is 8.35. The number of carboxylic acid groups (broad SMARTS) is 1. The largest absolute Gasteiger partial charge is 0.481 e. The van der Waals surface area contributed by atoms with Crippen LogP contribution >= 0.6 is 0 Å². The van der Waals surface area contributed by atoms with Gasteiger partial charge in [-0.05, 0) is 29.8 Å². The van der Waals surface area contributed by atoms with Crippen molar-refractivity contribution < 1.29 is 40.6 Å². The van der Waals surface area contributed by atoms with E-state index in [-0.39, 0.29) is 11.3 Å². The topological polar surface area (TPSA) is 104 Å². The molecule has 6 nitrogen and oxygen atoms in total. The van der Waals surface area contributed by atoms with Gasteiger partial charge in [-0.15, -0.1) is 0 Å². The van der Waals surface area contributed by atoms with E-state index in [2.05, 4.69) is 0 Å². The predicted molar refractivity (Wildman–Crippen MR) is 94.5 cm³/mol.